The van der Waals surface area contributed by atoms with Gasteiger partial charge < -0.3 is 30.7 Å². The highest BCUT2D eigenvalue weighted by molar-refractivity contribution is 6.11. The summed E-state index contributed by atoms with van der Waals surface area (Å²) in [5.74, 6) is 1.71. The zero-order valence-corrected chi connectivity index (χ0v) is 22.5. The summed E-state index contributed by atoms with van der Waals surface area (Å²) < 4.78 is 11.8. The average Bonchev–Trinajstić information content (AvgIpc) is 2.97. The number of piperazine rings is 1. The van der Waals surface area contributed by atoms with Crippen LogP contribution in [-0.2, 0) is 6.61 Å². The van der Waals surface area contributed by atoms with Crippen LogP contribution in [0.5, 0.6) is 17.2 Å². The lowest BCUT2D eigenvalue weighted by Crippen LogP contribution is -2.44. The molecule has 8 heteroatoms. The third-order valence-corrected chi connectivity index (χ3v) is 6.79. The van der Waals surface area contributed by atoms with Crippen molar-refractivity contribution < 1.29 is 14.3 Å². The van der Waals surface area contributed by atoms with Gasteiger partial charge in [0, 0.05) is 54.7 Å². The molecule has 40 heavy (non-hydrogen) atoms. The molecule has 0 spiro atoms. The smallest absolute Gasteiger partial charge is 0.278 e. The van der Waals surface area contributed by atoms with Crippen molar-refractivity contribution in [2.45, 2.75) is 6.61 Å². The van der Waals surface area contributed by atoms with Crippen LogP contribution in [0.3, 0.4) is 0 Å². The van der Waals surface area contributed by atoms with Crippen molar-refractivity contribution in [1.29, 1.82) is 0 Å². The van der Waals surface area contributed by atoms with E-state index in [1.165, 1.54) is 0 Å². The molecule has 0 saturated carbocycles. The summed E-state index contributed by atoms with van der Waals surface area (Å²) in [5, 5.41) is 0. The number of aliphatic imine (C=N–C) groups is 1. The van der Waals surface area contributed by atoms with Gasteiger partial charge in [0.1, 0.15) is 29.7 Å². The van der Waals surface area contributed by atoms with E-state index in [1.807, 2.05) is 66.7 Å². The van der Waals surface area contributed by atoms with Crippen LogP contribution in [0.4, 0.5) is 11.4 Å². The van der Waals surface area contributed by atoms with E-state index in [0.29, 0.717) is 29.2 Å². The van der Waals surface area contributed by atoms with Gasteiger partial charge in [-0.15, -0.1) is 0 Å². The molecule has 4 aromatic carbocycles. The number of carbonyl (C=O) groups excluding carboxylic acids is 1. The van der Waals surface area contributed by atoms with Crippen LogP contribution in [0.15, 0.2) is 102 Å². The van der Waals surface area contributed by atoms with Crippen molar-refractivity contribution in [3.63, 3.8) is 0 Å². The van der Waals surface area contributed by atoms with Gasteiger partial charge in [-0.3, -0.25) is 4.79 Å². The number of ether oxygens (including phenoxy) is 2. The van der Waals surface area contributed by atoms with Crippen LogP contribution in [-0.4, -0.2) is 49.9 Å². The monoisotopic (exact) mass is 535 g/mol. The zero-order chi connectivity index (χ0) is 27.9. The Kier molecular flexibility index (Phi) is 8.27. The van der Waals surface area contributed by atoms with Crippen LogP contribution in [0.1, 0.15) is 21.5 Å². The van der Waals surface area contributed by atoms with Crippen LogP contribution in [0.25, 0.3) is 0 Å². The second-order valence-corrected chi connectivity index (χ2v) is 9.74. The number of likely N-dealkylation sites (N-methyl/N-ethyl adjacent to an activating group) is 1. The second kappa shape index (κ2) is 12.4. The number of carbonyl (C=O) groups is 1. The number of nitrogens with two attached hydrogens (primary N) is 2. The van der Waals surface area contributed by atoms with Gasteiger partial charge in [0.2, 0.25) is 0 Å². The quantitative estimate of drug-likeness (QED) is 0.187. The standard InChI is InChI=1S/C32H33N5O3/c1-36-16-18-37(19-17-36)25-12-10-24(11-13-25)32(38)35-31(34)29-15-14-27(21-30(29)33)39-22-23-6-5-9-28(20-23)40-26-7-3-2-4-8-26/h2-15,20-21H,16-19,22,33H2,1H3,(H2,34,35,38). The molecule has 0 aliphatic carbocycles. The van der Waals surface area contributed by atoms with Crippen LogP contribution in [0, 0.1) is 0 Å². The Morgan fingerprint density at radius 1 is 0.825 bits per heavy atom. The number of amidine groups is 1. The Bertz CT molecular complexity index is 1480. The van der Waals surface area contributed by atoms with E-state index in [1.54, 1.807) is 30.3 Å². The number of hydrogen-bond donors (Lipinski definition) is 2. The van der Waals surface area contributed by atoms with Gasteiger partial charge in [0.05, 0.1) is 0 Å². The molecule has 4 N–H and O–H groups in total. The normalized spacial score (nSPS) is 14.1. The van der Waals surface area contributed by atoms with Gasteiger partial charge in [0.25, 0.3) is 5.91 Å². The first-order valence-corrected chi connectivity index (χ1v) is 13.2. The van der Waals surface area contributed by atoms with Crippen molar-refractivity contribution in [2.24, 2.45) is 10.7 Å². The molecule has 1 aliphatic rings. The average molecular weight is 536 g/mol. The lowest BCUT2D eigenvalue weighted by molar-refractivity contribution is 0.100. The number of nitrogen functional groups attached to an aromatic ring is 1. The van der Waals surface area contributed by atoms with E-state index in [9.17, 15) is 4.79 Å². The van der Waals surface area contributed by atoms with E-state index >= 15 is 0 Å². The summed E-state index contributed by atoms with van der Waals surface area (Å²) in [6.07, 6.45) is 0. The molecule has 0 unspecified atom stereocenters. The second-order valence-electron chi connectivity index (χ2n) is 9.74. The molecule has 0 aromatic heterocycles. The molecule has 1 fully saturated rings. The van der Waals surface area contributed by atoms with Gasteiger partial charge in [-0.25, -0.2) is 0 Å². The van der Waals surface area contributed by atoms with Gasteiger partial charge in [-0.05, 0) is 73.3 Å². The Morgan fingerprint density at radius 2 is 1.55 bits per heavy atom. The minimum Gasteiger partial charge on any atom is -0.489 e. The summed E-state index contributed by atoms with van der Waals surface area (Å²) in [5.41, 5.74) is 15.8. The molecule has 1 amide bonds. The van der Waals surface area contributed by atoms with E-state index in [4.69, 9.17) is 20.9 Å². The molecule has 204 valence electrons. The largest absolute Gasteiger partial charge is 0.489 e. The number of benzene rings is 4. The maximum absolute atomic E-state index is 12.8. The molecule has 0 bridgehead atoms. The van der Waals surface area contributed by atoms with Crippen molar-refractivity contribution in [3.8, 4) is 17.2 Å². The Hall–Kier alpha value is -4.82. The predicted molar refractivity (Wildman–Crippen MR) is 159 cm³/mol. The van der Waals surface area contributed by atoms with Crippen LogP contribution in [0.2, 0.25) is 0 Å². The fourth-order valence-electron chi connectivity index (χ4n) is 4.47. The molecule has 4 aromatic rings. The molecular formula is C32H33N5O3. The Morgan fingerprint density at radius 3 is 2.27 bits per heavy atom. The van der Waals surface area contributed by atoms with Crippen molar-refractivity contribution in [3.05, 3.63) is 114 Å². The number of nitrogens with zero attached hydrogens (tertiary/aromatic N) is 3. The molecule has 0 atom stereocenters. The number of para-hydroxylation sites is 1. The molecule has 0 radical (unpaired) electrons. The highest BCUT2D eigenvalue weighted by Crippen LogP contribution is 2.25. The first-order valence-electron chi connectivity index (χ1n) is 13.2. The van der Waals surface area contributed by atoms with Crippen LogP contribution >= 0.6 is 0 Å². The fourth-order valence-corrected chi connectivity index (χ4v) is 4.47. The summed E-state index contributed by atoms with van der Waals surface area (Å²) >= 11 is 0. The van der Waals surface area contributed by atoms with Crippen molar-refractivity contribution in [1.82, 2.24) is 4.90 Å². The summed E-state index contributed by atoms with van der Waals surface area (Å²) in [4.78, 5) is 21.5. The third kappa shape index (κ3) is 6.78. The van der Waals surface area contributed by atoms with Crippen molar-refractivity contribution >= 4 is 23.1 Å². The summed E-state index contributed by atoms with van der Waals surface area (Å²) in [6.45, 7) is 4.29. The highest BCUT2D eigenvalue weighted by Gasteiger charge is 2.15. The molecule has 1 aliphatic heterocycles. The Labute approximate surface area is 234 Å². The van der Waals surface area contributed by atoms with Crippen LogP contribution < -0.4 is 25.8 Å². The van der Waals surface area contributed by atoms with Gasteiger partial charge in [-0.1, -0.05) is 30.3 Å². The molecule has 8 nitrogen and oxygen atoms in total. The maximum atomic E-state index is 12.8. The molecule has 1 heterocycles. The lowest BCUT2D eigenvalue weighted by Gasteiger charge is -2.34. The van der Waals surface area contributed by atoms with E-state index < -0.39 is 5.91 Å². The Balaban J connectivity index is 1.19. The topological polar surface area (TPSA) is 106 Å². The van der Waals surface area contributed by atoms with Gasteiger partial charge in [0.15, 0.2) is 0 Å². The minimum atomic E-state index is -0.417. The van der Waals surface area contributed by atoms with Gasteiger partial charge in [-0.2, -0.15) is 4.99 Å². The summed E-state index contributed by atoms with van der Waals surface area (Å²) in [7, 11) is 2.12. The molecular weight excluding hydrogens is 502 g/mol. The van der Waals surface area contributed by atoms with E-state index in [-0.39, 0.29) is 5.84 Å². The zero-order valence-electron chi connectivity index (χ0n) is 22.5. The molecule has 5 rings (SSSR count). The molecule has 1 saturated heterocycles. The SMILES string of the molecule is CN1CCN(c2ccc(C(=O)N=C(N)c3ccc(OCc4cccc(Oc5ccccc5)c4)cc3N)cc2)CC1. The third-order valence-electron chi connectivity index (χ3n) is 6.79. The minimum absolute atomic E-state index is 0.0583. The fraction of sp³-hybridized carbons (Fsp3) is 0.188. The van der Waals surface area contributed by atoms with E-state index in [0.717, 1.165) is 48.9 Å². The first kappa shape index (κ1) is 26.8. The highest BCUT2D eigenvalue weighted by atomic mass is 16.5. The number of rotatable bonds is 8. The number of amides is 1. The summed E-state index contributed by atoms with van der Waals surface area (Å²) in [6, 6.07) is 29.9. The maximum Gasteiger partial charge on any atom is 0.278 e. The number of hydrogen-bond acceptors (Lipinski definition) is 6. The van der Waals surface area contributed by atoms with Crippen molar-refractivity contribution in [2.75, 3.05) is 43.9 Å². The number of anilines is 2. The van der Waals surface area contributed by atoms with E-state index in [2.05, 4.69) is 21.8 Å². The lowest BCUT2D eigenvalue weighted by atomic mass is 10.1. The first-order chi connectivity index (χ1) is 19.4. The predicted octanol–water partition coefficient (Wildman–Crippen LogP) is 4.94. The van der Waals surface area contributed by atoms with Gasteiger partial charge >= 0.3 is 0 Å².